The highest BCUT2D eigenvalue weighted by Gasteiger charge is 2.21. The van der Waals surface area contributed by atoms with Gasteiger partial charge in [0.15, 0.2) is 17.3 Å². The number of hydrogen-bond donors (Lipinski definition) is 0. The number of fused-ring (bicyclic) bond motifs is 1. The highest BCUT2D eigenvalue weighted by atomic mass is 35.5. The molecular formula is C18H13ClN2O4S. The van der Waals surface area contributed by atoms with Crippen molar-refractivity contribution in [2.75, 3.05) is 6.79 Å². The van der Waals surface area contributed by atoms with Crippen molar-refractivity contribution in [3.63, 3.8) is 0 Å². The molecule has 0 fully saturated rings. The third-order valence-electron chi connectivity index (χ3n) is 3.80. The van der Waals surface area contributed by atoms with Crippen LogP contribution in [0.4, 0.5) is 0 Å². The van der Waals surface area contributed by atoms with Gasteiger partial charge in [0.1, 0.15) is 0 Å². The molecule has 1 aromatic heterocycles. The molecule has 26 heavy (non-hydrogen) atoms. The Labute approximate surface area is 158 Å². The fraction of sp³-hybridized carbons (Fsp3) is 0.167. The van der Waals surface area contributed by atoms with E-state index in [0.717, 1.165) is 5.56 Å². The van der Waals surface area contributed by atoms with Crippen LogP contribution in [0.1, 0.15) is 17.3 Å². The van der Waals surface area contributed by atoms with Crippen LogP contribution in [-0.4, -0.2) is 28.0 Å². The van der Waals surface area contributed by atoms with Crippen LogP contribution < -0.4 is 9.47 Å². The minimum atomic E-state index is -0.374. The number of aromatic nitrogens is 2. The summed E-state index contributed by atoms with van der Waals surface area (Å²) in [6, 6.07) is 12.2. The largest absolute Gasteiger partial charge is 0.454 e. The molecule has 2 aromatic carbocycles. The summed E-state index contributed by atoms with van der Waals surface area (Å²) in [4.78, 5) is 12.5. The molecule has 8 heteroatoms. The molecule has 0 spiro atoms. The topological polar surface area (TPSA) is 74.5 Å². The second-order valence-electron chi connectivity index (χ2n) is 5.57. The summed E-state index contributed by atoms with van der Waals surface area (Å²) >= 11 is 7.07. The van der Waals surface area contributed by atoms with Gasteiger partial charge in [-0.15, -0.1) is 10.2 Å². The first-order valence-electron chi connectivity index (χ1n) is 7.80. The Hall–Kier alpha value is -2.51. The number of Topliss-reactive ketones (excluding diaryl/α,β-unsaturated/α-hetero) is 1. The van der Waals surface area contributed by atoms with E-state index >= 15 is 0 Å². The number of hydrogen-bond acceptors (Lipinski definition) is 7. The molecule has 4 rings (SSSR count). The van der Waals surface area contributed by atoms with Crippen LogP contribution in [0, 0.1) is 0 Å². The van der Waals surface area contributed by atoms with Crippen LogP contribution in [0.5, 0.6) is 11.5 Å². The van der Waals surface area contributed by atoms with Gasteiger partial charge in [0.2, 0.25) is 12.7 Å². The average Bonchev–Trinajstić information content (AvgIpc) is 3.30. The van der Waals surface area contributed by atoms with Gasteiger partial charge < -0.3 is 13.9 Å². The first kappa shape index (κ1) is 16.9. The van der Waals surface area contributed by atoms with Crippen molar-refractivity contribution < 1.29 is 18.7 Å². The minimum Gasteiger partial charge on any atom is -0.454 e. The van der Waals surface area contributed by atoms with Gasteiger partial charge in [-0.1, -0.05) is 23.4 Å². The summed E-state index contributed by atoms with van der Waals surface area (Å²) in [5.41, 5.74) is 1.31. The first-order chi connectivity index (χ1) is 12.6. The molecule has 0 unspecified atom stereocenters. The molecule has 3 aromatic rings. The van der Waals surface area contributed by atoms with E-state index in [1.54, 1.807) is 43.3 Å². The third-order valence-corrected chi connectivity index (χ3v) is 4.99. The standard InChI is InChI=1S/C18H13ClN2O4S/c1-10(16(22)11-2-5-13(19)6-3-11)26-18-21-20-17(25-18)12-4-7-14-15(8-12)24-9-23-14/h2-8,10H,9H2,1H3/t10-/m0/s1. The van der Waals surface area contributed by atoms with Gasteiger partial charge in [-0.2, -0.15) is 0 Å². The van der Waals surface area contributed by atoms with Crippen LogP contribution in [0.2, 0.25) is 5.02 Å². The maximum atomic E-state index is 12.5. The van der Waals surface area contributed by atoms with Crippen molar-refractivity contribution in [1.29, 1.82) is 0 Å². The molecule has 0 saturated carbocycles. The fourth-order valence-corrected chi connectivity index (χ4v) is 3.34. The van der Waals surface area contributed by atoms with Crippen molar-refractivity contribution >= 4 is 29.1 Å². The van der Waals surface area contributed by atoms with Crippen molar-refractivity contribution in [1.82, 2.24) is 10.2 Å². The highest BCUT2D eigenvalue weighted by molar-refractivity contribution is 8.00. The Bertz CT molecular complexity index is 958. The molecule has 0 radical (unpaired) electrons. The lowest BCUT2D eigenvalue weighted by molar-refractivity contribution is 0.0993. The fourth-order valence-electron chi connectivity index (χ4n) is 2.46. The van der Waals surface area contributed by atoms with Gasteiger partial charge in [-0.3, -0.25) is 4.79 Å². The second-order valence-corrected chi connectivity index (χ2v) is 7.30. The molecule has 1 atom stereocenters. The number of rotatable bonds is 5. The van der Waals surface area contributed by atoms with Gasteiger partial charge in [0.05, 0.1) is 5.25 Å². The molecule has 0 bridgehead atoms. The zero-order valence-electron chi connectivity index (χ0n) is 13.6. The zero-order chi connectivity index (χ0) is 18.1. The molecule has 1 aliphatic heterocycles. The Kier molecular flexibility index (Phi) is 4.57. The van der Waals surface area contributed by atoms with E-state index in [9.17, 15) is 4.79 Å². The zero-order valence-corrected chi connectivity index (χ0v) is 15.2. The van der Waals surface area contributed by atoms with Crippen LogP contribution in [0.25, 0.3) is 11.5 Å². The molecule has 6 nitrogen and oxygen atoms in total. The number of halogens is 1. The van der Waals surface area contributed by atoms with Gasteiger partial charge >= 0.3 is 0 Å². The van der Waals surface area contributed by atoms with Gasteiger partial charge in [-0.05, 0) is 49.4 Å². The van der Waals surface area contributed by atoms with Crippen molar-refractivity contribution in [3.05, 3.63) is 53.1 Å². The maximum absolute atomic E-state index is 12.5. The van der Waals surface area contributed by atoms with Crippen LogP contribution >= 0.6 is 23.4 Å². The first-order valence-corrected chi connectivity index (χ1v) is 9.06. The number of thioether (sulfide) groups is 1. The molecule has 0 amide bonds. The molecule has 132 valence electrons. The summed E-state index contributed by atoms with van der Waals surface area (Å²) < 4.78 is 16.3. The Morgan fingerprint density at radius 3 is 2.69 bits per heavy atom. The van der Waals surface area contributed by atoms with E-state index < -0.39 is 0 Å². The molecule has 0 N–H and O–H groups in total. The Balaban J connectivity index is 1.48. The summed E-state index contributed by atoms with van der Waals surface area (Å²) in [7, 11) is 0. The van der Waals surface area contributed by atoms with E-state index in [0.29, 0.717) is 33.2 Å². The lowest BCUT2D eigenvalue weighted by Crippen LogP contribution is -2.13. The SMILES string of the molecule is C[C@H](Sc1nnc(-c2ccc3c(c2)OCO3)o1)C(=O)c1ccc(Cl)cc1. The quantitative estimate of drug-likeness (QED) is 0.471. The summed E-state index contributed by atoms with van der Waals surface area (Å²) in [6.45, 7) is 2.00. The van der Waals surface area contributed by atoms with Gasteiger partial charge in [-0.25, -0.2) is 0 Å². The van der Waals surface area contributed by atoms with Crippen molar-refractivity contribution in [3.8, 4) is 23.0 Å². The van der Waals surface area contributed by atoms with Crippen molar-refractivity contribution in [2.24, 2.45) is 0 Å². The van der Waals surface area contributed by atoms with Gasteiger partial charge in [0, 0.05) is 16.1 Å². The number of carbonyl (C=O) groups is 1. The average molecular weight is 389 g/mol. The van der Waals surface area contributed by atoms with Crippen LogP contribution in [-0.2, 0) is 0 Å². The van der Waals surface area contributed by atoms with Crippen LogP contribution in [0.3, 0.4) is 0 Å². The third kappa shape index (κ3) is 3.40. The smallest absolute Gasteiger partial charge is 0.277 e. The lowest BCUT2D eigenvalue weighted by Gasteiger charge is -2.07. The number of benzene rings is 2. The highest BCUT2D eigenvalue weighted by Crippen LogP contribution is 2.36. The van der Waals surface area contributed by atoms with Crippen molar-refractivity contribution in [2.45, 2.75) is 17.4 Å². The lowest BCUT2D eigenvalue weighted by atomic mass is 10.1. The summed E-state index contributed by atoms with van der Waals surface area (Å²) in [5.74, 6) is 1.65. The predicted octanol–water partition coefficient (Wildman–Crippen LogP) is 4.48. The number of ketones is 1. The molecule has 0 saturated heterocycles. The molecular weight excluding hydrogens is 376 g/mol. The monoisotopic (exact) mass is 388 g/mol. The van der Waals surface area contributed by atoms with E-state index in [1.807, 2.05) is 6.07 Å². The Morgan fingerprint density at radius 2 is 1.88 bits per heavy atom. The van der Waals surface area contributed by atoms with E-state index in [1.165, 1.54) is 11.8 Å². The summed E-state index contributed by atoms with van der Waals surface area (Å²) in [6.07, 6.45) is 0. The van der Waals surface area contributed by atoms with Gasteiger partial charge in [0.25, 0.3) is 5.22 Å². The number of nitrogens with zero attached hydrogens (tertiary/aromatic N) is 2. The molecule has 2 heterocycles. The Morgan fingerprint density at radius 1 is 1.12 bits per heavy atom. The normalized spacial score (nSPS) is 13.6. The maximum Gasteiger partial charge on any atom is 0.277 e. The van der Waals surface area contributed by atoms with Crippen LogP contribution in [0.15, 0.2) is 52.1 Å². The van der Waals surface area contributed by atoms with E-state index in [4.69, 9.17) is 25.5 Å². The molecule has 0 aliphatic carbocycles. The second kappa shape index (κ2) is 7.01. The molecule has 1 aliphatic rings. The minimum absolute atomic E-state index is 0.0329. The predicted molar refractivity (Wildman–Crippen MR) is 97.0 cm³/mol. The van der Waals surface area contributed by atoms with E-state index in [-0.39, 0.29) is 17.8 Å². The number of carbonyl (C=O) groups excluding carboxylic acids is 1. The number of ether oxygens (including phenoxy) is 2. The van der Waals surface area contributed by atoms with E-state index in [2.05, 4.69) is 10.2 Å². The summed E-state index contributed by atoms with van der Waals surface area (Å²) in [5, 5.41) is 8.61.